The van der Waals surface area contributed by atoms with Crippen molar-refractivity contribution in [1.82, 2.24) is 5.32 Å². The van der Waals surface area contributed by atoms with Gasteiger partial charge in [-0.2, -0.15) is 0 Å². The van der Waals surface area contributed by atoms with Gasteiger partial charge in [0.1, 0.15) is 23.9 Å². The molecule has 0 aromatic heterocycles. The quantitative estimate of drug-likeness (QED) is 0.761. The maximum absolute atomic E-state index is 5.35. The molecule has 0 heterocycles. The summed E-state index contributed by atoms with van der Waals surface area (Å²) >= 11 is 0. The molecular formula is C19H21NO3. The molecule has 0 spiro atoms. The van der Waals surface area contributed by atoms with E-state index in [9.17, 15) is 0 Å². The van der Waals surface area contributed by atoms with Crippen molar-refractivity contribution in [1.29, 1.82) is 0 Å². The summed E-state index contributed by atoms with van der Waals surface area (Å²) in [5.41, 5.74) is 2.28. The second kappa shape index (κ2) is 8.72. The van der Waals surface area contributed by atoms with Crippen LogP contribution in [0, 0.1) is 12.3 Å². The van der Waals surface area contributed by atoms with E-state index >= 15 is 0 Å². The van der Waals surface area contributed by atoms with E-state index in [1.165, 1.54) is 5.56 Å². The van der Waals surface area contributed by atoms with Gasteiger partial charge in [0.25, 0.3) is 0 Å². The summed E-state index contributed by atoms with van der Waals surface area (Å²) in [7, 11) is 3.30. The lowest BCUT2D eigenvalue weighted by molar-refractivity contribution is 0.370. The zero-order valence-electron chi connectivity index (χ0n) is 13.5. The maximum Gasteiger partial charge on any atom is 0.148 e. The number of methoxy groups -OCH3 is 2. The highest BCUT2D eigenvalue weighted by atomic mass is 16.5. The molecule has 0 aliphatic heterocycles. The van der Waals surface area contributed by atoms with Gasteiger partial charge in [0.05, 0.1) is 14.2 Å². The fraction of sp³-hybridized carbons (Fsp3) is 0.263. The minimum atomic E-state index is 0.287. The third kappa shape index (κ3) is 5.24. The molecule has 1 N–H and O–H groups in total. The Kier molecular flexibility index (Phi) is 6.34. The molecule has 0 bridgehead atoms. The zero-order valence-corrected chi connectivity index (χ0v) is 13.5. The van der Waals surface area contributed by atoms with Crippen LogP contribution in [0.2, 0.25) is 0 Å². The van der Waals surface area contributed by atoms with Gasteiger partial charge >= 0.3 is 0 Å². The molecule has 120 valence electrons. The summed E-state index contributed by atoms with van der Waals surface area (Å²) in [6.45, 7) is 1.77. The molecule has 0 amide bonds. The predicted octanol–water partition coefficient (Wildman–Crippen LogP) is 3.01. The van der Waals surface area contributed by atoms with Gasteiger partial charge < -0.3 is 19.5 Å². The van der Waals surface area contributed by atoms with Crippen molar-refractivity contribution in [2.45, 2.75) is 13.1 Å². The van der Waals surface area contributed by atoms with Crippen LogP contribution in [-0.4, -0.2) is 20.8 Å². The van der Waals surface area contributed by atoms with Gasteiger partial charge in [-0.25, -0.2) is 0 Å². The van der Waals surface area contributed by atoms with E-state index < -0.39 is 0 Å². The first-order valence-electron chi connectivity index (χ1n) is 7.33. The number of hydrogen-bond acceptors (Lipinski definition) is 4. The Bertz CT molecular complexity index is 637. The lowest BCUT2D eigenvalue weighted by Crippen LogP contribution is -2.12. The fourth-order valence-electron chi connectivity index (χ4n) is 2.15. The van der Waals surface area contributed by atoms with Crippen molar-refractivity contribution >= 4 is 0 Å². The number of terminal acetylenes is 1. The highest BCUT2D eigenvalue weighted by Gasteiger charge is 2.02. The van der Waals surface area contributed by atoms with Crippen LogP contribution in [0.3, 0.4) is 0 Å². The van der Waals surface area contributed by atoms with Crippen LogP contribution in [0.25, 0.3) is 0 Å². The fourth-order valence-corrected chi connectivity index (χ4v) is 2.15. The van der Waals surface area contributed by atoms with Gasteiger partial charge in [-0.3, -0.25) is 0 Å². The zero-order chi connectivity index (χ0) is 16.5. The molecule has 4 nitrogen and oxygen atoms in total. The predicted molar refractivity (Wildman–Crippen MR) is 90.9 cm³/mol. The molecule has 0 saturated carbocycles. The average Bonchev–Trinajstić information content (AvgIpc) is 2.60. The monoisotopic (exact) mass is 311 g/mol. The molecule has 0 fully saturated rings. The Morgan fingerprint density at radius 2 is 1.48 bits per heavy atom. The maximum atomic E-state index is 5.35. The van der Waals surface area contributed by atoms with E-state index in [0.29, 0.717) is 0 Å². The topological polar surface area (TPSA) is 39.7 Å². The first-order valence-corrected chi connectivity index (χ1v) is 7.33. The van der Waals surface area contributed by atoms with E-state index in [1.54, 1.807) is 14.2 Å². The van der Waals surface area contributed by atoms with Crippen LogP contribution in [0.15, 0.2) is 42.5 Å². The number of ether oxygens (including phenoxy) is 3. The Balaban J connectivity index is 1.88. The molecule has 0 aliphatic rings. The lowest BCUT2D eigenvalue weighted by atomic mass is 10.2. The first-order chi connectivity index (χ1) is 11.2. The summed E-state index contributed by atoms with van der Waals surface area (Å²) < 4.78 is 15.9. The Morgan fingerprint density at radius 1 is 0.870 bits per heavy atom. The molecule has 0 saturated heterocycles. The Hall–Kier alpha value is -2.64. The van der Waals surface area contributed by atoms with Crippen LogP contribution in [-0.2, 0) is 13.1 Å². The van der Waals surface area contributed by atoms with Crippen molar-refractivity contribution in [3.05, 3.63) is 53.6 Å². The minimum absolute atomic E-state index is 0.287. The molecule has 0 atom stereocenters. The van der Waals surface area contributed by atoms with Gasteiger partial charge in [-0.15, -0.1) is 6.42 Å². The summed E-state index contributed by atoms with van der Waals surface area (Å²) in [6.07, 6.45) is 5.17. The van der Waals surface area contributed by atoms with E-state index in [4.69, 9.17) is 20.6 Å². The molecular weight excluding hydrogens is 290 g/mol. The normalized spacial score (nSPS) is 9.96. The molecule has 2 aromatic carbocycles. The highest BCUT2D eigenvalue weighted by molar-refractivity contribution is 5.38. The molecule has 2 rings (SSSR count). The molecule has 23 heavy (non-hydrogen) atoms. The van der Waals surface area contributed by atoms with Crippen LogP contribution < -0.4 is 19.5 Å². The van der Waals surface area contributed by atoms with E-state index in [2.05, 4.69) is 11.2 Å². The largest absolute Gasteiger partial charge is 0.497 e. The van der Waals surface area contributed by atoms with Crippen molar-refractivity contribution in [3.8, 4) is 29.6 Å². The SMILES string of the molecule is C#CCOc1ccc(CNCc2cc(OC)cc(OC)c2)cc1. The van der Waals surface area contributed by atoms with Gasteiger partial charge in [0, 0.05) is 19.2 Å². The van der Waals surface area contributed by atoms with Crippen molar-refractivity contribution in [2.24, 2.45) is 0 Å². The number of rotatable bonds is 8. The van der Waals surface area contributed by atoms with Crippen molar-refractivity contribution in [3.63, 3.8) is 0 Å². The molecule has 2 aromatic rings. The lowest BCUT2D eigenvalue weighted by Gasteiger charge is -2.10. The molecule has 0 unspecified atom stereocenters. The second-order valence-electron chi connectivity index (χ2n) is 4.96. The summed E-state index contributed by atoms with van der Waals surface area (Å²) in [4.78, 5) is 0. The number of benzene rings is 2. The summed E-state index contributed by atoms with van der Waals surface area (Å²) in [5.74, 6) is 4.80. The van der Waals surface area contributed by atoms with Crippen LogP contribution >= 0.6 is 0 Å². The third-order valence-corrected chi connectivity index (χ3v) is 3.31. The Labute approximate surface area is 137 Å². The summed E-state index contributed by atoms with van der Waals surface area (Å²) in [6, 6.07) is 13.7. The standard InChI is InChI=1S/C19H21NO3/c1-4-9-23-17-7-5-15(6-8-17)13-20-14-16-10-18(21-2)12-19(11-16)22-3/h1,5-8,10-12,20H,9,13-14H2,2-3H3. The van der Waals surface area contributed by atoms with Gasteiger partial charge in [0.2, 0.25) is 0 Å². The van der Waals surface area contributed by atoms with Crippen LogP contribution in [0.5, 0.6) is 17.2 Å². The van der Waals surface area contributed by atoms with Gasteiger partial charge in [-0.05, 0) is 35.4 Å². The summed E-state index contributed by atoms with van der Waals surface area (Å²) in [5, 5.41) is 3.40. The van der Waals surface area contributed by atoms with Gasteiger partial charge in [0.15, 0.2) is 0 Å². The Morgan fingerprint density at radius 3 is 2.04 bits per heavy atom. The average molecular weight is 311 g/mol. The minimum Gasteiger partial charge on any atom is -0.497 e. The highest BCUT2D eigenvalue weighted by Crippen LogP contribution is 2.22. The van der Waals surface area contributed by atoms with E-state index in [0.717, 1.165) is 35.9 Å². The number of hydrogen-bond donors (Lipinski definition) is 1. The van der Waals surface area contributed by atoms with Crippen LogP contribution in [0.1, 0.15) is 11.1 Å². The second-order valence-corrected chi connectivity index (χ2v) is 4.96. The molecule has 0 aliphatic carbocycles. The van der Waals surface area contributed by atoms with Crippen LogP contribution in [0.4, 0.5) is 0 Å². The smallest absolute Gasteiger partial charge is 0.148 e. The van der Waals surface area contributed by atoms with E-state index in [1.807, 2.05) is 42.5 Å². The molecule has 0 radical (unpaired) electrons. The third-order valence-electron chi connectivity index (χ3n) is 3.31. The first kappa shape index (κ1) is 16.7. The number of nitrogens with one attached hydrogen (secondary N) is 1. The van der Waals surface area contributed by atoms with Crippen molar-refractivity contribution < 1.29 is 14.2 Å². The molecule has 4 heteroatoms. The van der Waals surface area contributed by atoms with E-state index in [-0.39, 0.29) is 6.61 Å². The van der Waals surface area contributed by atoms with Gasteiger partial charge in [-0.1, -0.05) is 18.1 Å². The van der Waals surface area contributed by atoms with Crippen molar-refractivity contribution in [2.75, 3.05) is 20.8 Å².